The lowest BCUT2D eigenvalue weighted by molar-refractivity contribution is -0.118. The predicted octanol–water partition coefficient (Wildman–Crippen LogP) is 2.06. The third-order valence-electron chi connectivity index (χ3n) is 3.92. The number of rotatable bonds is 4. The molecule has 0 radical (unpaired) electrons. The lowest BCUT2D eigenvalue weighted by Crippen LogP contribution is -2.45. The summed E-state index contributed by atoms with van der Waals surface area (Å²) in [6, 6.07) is 11.2. The summed E-state index contributed by atoms with van der Waals surface area (Å²) in [5.41, 5.74) is 2.29. The highest BCUT2D eigenvalue weighted by Gasteiger charge is 2.27. The Bertz CT molecular complexity index is 697. The van der Waals surface area contributed by atoms with Crippen LogP contribution in [-0.2, 0) is 17.8 Å². The van der Waals surface area contributed by atoms with Gasteiger partial charge in [-0.05, 0) is 37.1 Å². The van der Waals surface area contributed by atoms with Crippen LogP contribution in [-0.4, -0.2) is 24.5 Å². The first-order valence-corrected chi connectivity index (χ1v) is 7.58. The number of amides is 3. The Morgan fingerprint density at radius 2 is 2.09 bits per heavy atom. The van der Waals surface area contributed by atoms with E-state index in [-0.39, 0.29) is 25.0 Å². The van der Waals surface area contributed by atoms with Gasteiger partial charge in [0.05, 0.1) is 19.4 Å². The second kappa shape index (κ2) is 6.56. The molecule has 0 bridgehead atoms. The number of imide groups is 1. The number of furan rings is 1. The van der Waals surface area contributed by atoms with Crippen LogP contribution in [0.15, 0.2) is 47.1 Å². The van der Waals surface area contributed by atoms with Crippen molar-refractivity contribution in [3.8, 4) is 0 Å². The molecule has 2 N–H and O–H groups in total. The Labute approximate surface area is 134 Å². The van der Waals surface area contributed by atoms with Crippen LogP contribution in [0, 0.1) is 0 Å². The van der Waals surface area contributed by atoms with Gasteiger partial charge in [-0.25, -0.2) is 4.79 Å². The number of carbonyl (C=O) groups excluding carboxylic acids is 2. The number of benzene rings is 1. The fourth-order valence-electron chi connectivity index (χ4n) is 2.82. The molecule has 6 nitrogen and oxygen atoms in total. The van der Waals surface area contributed by atoms with Gasteiger partial charge in [0.25, 0.3) is 0 Å². The highest BCUT2D eigenvalue weighted by molar-refractivity contribution is 5.96. The minimum atomic E-state index is -0.522. The minimum absolute atomic E-state index is 0.159. The van der Waals surface area contributed by atoms with E-state index in [9.17, 15) is 9.59 Å². The average molecular weight is 313 g/mol. The third kappa shape index (κ3) is 3.53. The number of hydrogen-bond donors (Lipinski definition) is 2. The van der Waals surface area contributed by atoms with Crippen LogP contribution in [0.5, 0.6) is 0 Å². The summed E-state index contributed by atoms with van der Waals surface area (Å²) in [5.74, 6) is 0.306. The molecular formula is C17H19N3O3. The Balaban J connectivity index is 1.52. The highest BCUT2D eigenvalue weighted by atomic mass is 16.3. The monoisotopic (exact) mass is 313 g/mol. The van der Waals surface area contributed by atoms with Crippen molar-refractivity contribution in [3.05, 3.63) is 54.0 Å². The van der Waals surface area contributed by atoms with Crippen LogP contribution < -0.4 is 15.5 Å². The summed E-state index contributed by atoms with van der Waals surface area (Å²) >= 11 is 0. The maximum Gasteiger partial charge on any atom is 0.321 e. The van der Waals surface area contributed by atoms with Gasteiger partial charge >= 0.3 is 6.03 Å². The van der Waals surface area contributed by atoms with Gasteiger partial charge in [-0.2, -0.15) is 0 Å². The van der Waals surface area contributed by atoms with E-state index < -0.39 is 6.03 Å². The molecule has 1 aromatic heterocycles. The fraction of sp³-hybridized carbons (Fsp3) is 0.294. The largest absolute Gasteiger partial charge is 0.467 e. The smallest absolute Gasteiger partial charge is 0.321 e. The van der Waals surface area contributed by atoms with Gasteiger partial charge in [0.1, 0.15) is 5.76 Å². The summed E-state index contributed by atoms with van der Waals surface area (Å²) in [4.78, 5) is 25.9. The van der Waals surface area contributed by atoms with Gasteiger partial charge in [-0.1, -0.05) is 18.2 Å². The molecule has 1 aliphatic heterocycles. The van der Waals surface area contributed by atoms with Crippen molar-refractivity contribution in [1.29, 1.82) is 0 Å². The van der Waals surface area contributed by atoms with Crippen LogP contribution in [0.2, 0.25) is 0 Å². The molecule has 120 valence electrons. The first-order chi connectivity index (χ1) is 11.1. The standard InChI is InChI=1S/C17H19N3O3/c1-12-9-13-5-2-3-7-15(13)20(12)11-16(21)19-17(22)18-10-14-6-4-8-23-14/h2-8,12H,9-11H2,1H3,(H2,18,19,21,22)/t12-/m0/s1. The first-order valence-electron chi connectivity index (χ1n) is 7.58. The molecule has 0 fully saturated rings. The van der Waals surface area contributed by atoms with Crippen molar-refractivity contribution < 1.29 is 14.0 Å². The summed E-state index contributed by atoms with van der Waals surface area (Å²) in [5, 5.41) is 4.94. The molecule has 0 saturated heterocycles. The van der Waals surface area contributed by atoms with Crippen molar-refractivity contribution in [3.63, 3.8) is 0 Å². The Morgan fingerprint density at radius 1 is 1.26 bits per heavy atom. The minimum Gasteiger partial charge on any atom is -0.467 e. The van der Waals surface area contributed by atoms with Gasteiger partial charge < -0.3 is 14.6 Å². The second-order valence-corrected chi connectivity index (χ2v) is 5.62. The summed E-state index contributed by atoms with van der Waals surface area (Å²) < 4.78 is 5.11. The summed E-state index contributed by atoms with van der Waals surface area (Å²) in [6.45, 7) is 2.48. The Hall–Kier alpha value is -2.76. The zero-order chi connectivity index (χ0) is 16.2. The van der Waals surface area contributed by atoms with Crippen LogP contribution >= 0.6 is 0 Å². The van der Waals surface area contributed by atoms with E-state index in [1.54, 1.807) is 12.1 Å². The van der Waals surface area contributed by atoms with Crippen molar-refractivity contribution in [2.45, 2.75) is 25.9 Å². The van der Waals surface area contributed by atoms with Gasteiger partial charge in [-0.15, -0.1) is 0 Å². The molecule has 1 aromatic carbocycles. The van der Waals surface area contributed by atoms with Crippen LogP contribution in [0.25, 0.3) is 0 Å². The number of para-hydroxylation sites is 1. The van der Waals surface area contributed by atoms with Crippen molar-refractivity contribution in [2.24, 2.45) is 0 Å². The molecule has 2 heterocycles. The summed E-state index contributed by atoms with van der Waals surface area (Å²) in [7, 11) is 0. The predicted molar refractivity (Wildman–Crippen MR) is 86.0 cm³/mol. The van der Waals surface area contributed by atoms with E-state index in [0.717, 1.165) is 12.1 Å². The molecule has 2 aromatic rings. The quantitative estimate of drug-likeness (QED) is 0.906. The zero-order valence-corrected chi connectivity index (χ0v) is 12.9. The van der Waals surface area contributed by atoms with Crippen LogP contribution in [0.1, 0.15) is 18.2 Å². The zero-order valence-electron chi connectivity index (χ0n) is 12.9. The molecule has 1 atom stereocenters. The number of fused-ring (bicyclic) bond motifs is 1. The molecule has 1 aliphatic rings. The van der Waals surface area contributed by atoms with E-state index in [2.05, 4.69) is 23.6 Å². The summed E-state index contributed by atoms with van der Waals surface area (Å²) in [6.07, 6.45) is 2.44. The molecule has 0 saturated carbocycles. The number of carbonyl (C=O) groups is 2. The van der Waals surface area contributed by atoms with E-state index in [1.165, 1.54) is 11.8 Å². The van der Waals surface area contributed by atoms with E-state index in [4.69, 9.17) is 4.42 Å². The Morgan fingerprint density at radius 3 is 2.87 bits per heavy atom. The third-order valence-corrected chi connectivity index (χ3v) is 3.92. The topological polar surface area (TPSA) is 74.6 Å². The molecule has 6 heteroatoms. The Kier molecular flexibility index (Phi) is 4.32. The van der Waals surface area contributed by atoms with Crippen molar-refractivity contribution >= 4 is 17.6 Å². The second-order valence-electron chi connectivity index (χ2n) is 5.62. The SMILES string of the molecule is C[C@H]1Cc2ccccc2N1CC(=O)NC(=O)NCc1ccco1. The maximum absolute atomic E-state index is 12.1. The molecule has 3 rings (SSSR count). The molecule has 0 spiro atoms. The van der Waals surface area contributed by atoms with Crippen molar-refractivity contribution in [2.75, 3.05) is 11.4 Å². The fourth-order valence-corrected chi connectivity index (χ4v) is 2.82. The van der Waals surface area contributed by atoms with Crippen LogP contribution in [0.4, 0.5) is 10.5 Å². The van der Waals surface area contributed by atoms with E-state index in [0.29, 0.717) is 5.76 Å². The lowest BCUT2D eigenvalue weighted by Gasteiger charge is -2.23. The average Bonchev–Trinajstić information content (AvgIpc) is 3.14. The van der Waals surface area contributed by atoms with Gasteiger partial charge in [0.2, 0.25) is 5.91 Å². The number of urea groups is 1. The molecule has 3 amide bonds. The lowest BCUT2D eigenvalue weighted by atomic mass is 10.1. The number of nitrogens with zero attached hydrogens (tertiary/aromatic N) is 1. The van der Waals surface area contributed by atoms with Crippen molar-refractivity contribution in [1.82, 2.24) is 10.6 Å². The van der Waals surface area contributed by atoms with Gasteiger partial charge in [0, 0.05) is 11.7 Å². The normalized spacial score (nSPS) is 16.0. The molecular weight excluding hydrogens is 294 g/mol. The number of nitrogens with one attached hydrogen (secondary N) is 2. The molecule has 0 aliphatic carbocycles. The molecule has 0 unspecified atom stereocenters. The van der Waals surface area contributed by atoms with Crippen LogP contribution in [0.3, 0.4) is 0 Å². The maximum atomic E-state index is 12.1. The first kappa shape index (κ1) is 15.1. The molecule has 23 heavy (non-hydrogen) atoms. The number of anilines is 1. The van der Waals surface area contributed by atoms with Gasteiger partial charge in [-0.3, -0.25) is 10.1 Å². The van der Waals surface area contributed by atoms with E-state index in [1.807, 2.05) is 23.1 Å². The highest BCUT2D eigenvalue weighted by Crippen LogP contribution is 2.31. The number of hydrogen-bond acceptors (Lipinski definition) is 4. The van der Waals surface area contributed by atoms with E-state index >= 15 is 0 Å². The van der Waals surface area contributed by atoms with Gasteiger partial charge in [0.15, 0.2) is 0 Å².